The highest BCUT2D eigenvalue weighted by Crippen LogP contribution is 2.67. The number of fused-ring (bicyclic) bond motifs is 2. The molecule has 2 aromatic rings. The molecule has 9 nitrogen and oxygen atoms in total. The van der Waals surface area contributed by atoms with Crippen LogP contribution in [0.2, 0.25) is 0 Å². The van der Waals surface area contributed by atoms with Crippen molar-refractivity contribution in [2.45, 2.75) is 112 Å². The topological polar surface area (TPSA) is 94.6 Å². The number of nitrogens with zero attached hydrogens (tertiary/aromatic N) is 3. The lowest BCUT2D eigenvalue weighted by Gasteiger charge is -2.62. The second-order valence-electron chi connectivity index (χ2n) is 19.5. The van der Waals surface area contributed by atoms with Gasteiger partial charge in [0, 0.05) is 69.6 Å². The lowest BCUT2D eigenvalue weighted by molar-refractivity contribution is -0.179. The Morgan fingerprint density at radius 1 is 1.05 bits per heavy atom. The molecule has 1 saturated heterocycles. The van der Waals surface area contributed by atoms with Crippen LogP contribution in [0.15, 0.2) is 36.4 Å². The molecule has 55 heavy (non-hydrogen) atoms. The van der Waals surface area contributed by atoms with Crippen LogP contribution in [0, 0.1) is 46.3 Å². The number of benzene rings is 2. The number of Topliss-reactive ketones (excluding diaryl/α,β-unsaturated/α-hetero) is 1. The molecule has 2 bridgehead atoms. The fourth-order valence-electron chi connectivity index (χ4n) is 11.1. The molecule has 7 rings (SSSR count). The molecule has 2 N–H and O–H groups in total. The fraction of sp³-hybridized carbons (Fsp3) is 0.696. The third-order valence-corrected chi connectivity index (χ3v) is 14.2. The van der Waals surface area contributed by atoms with E-state index in [9.17, 15) is 14.7 Å². The van der Waals surface area contributed by atoms with Crippen LogP contribution < -0.4 is 15.0 Å². The van der Waals surface area contributed by atoms with Crippen molar-refractivity contribution in [3.8, 4) is 16.9 Å². The number of ketones is 1. The van der Waals surface area contributed by atoms with Crippen molar-refractivity contribution in [3.05, 3.63) is 47.5 Å². The van der Waals surface area contributed by atoms with Gasteiger partial charge in [0.2, 0.25) is 0 Å². The number of hydrogen-bond acceptors (Lipinski definition) is 8. The predicted molar refractivity (Wildman–Crippen MR) is 221 cm³/mol. The molecule has 5 aliphatic rings. The first-order valence-corrected chi connectivity index (χ1v) is 21.0. The Bertz CT molecular complexity index is 1710. The first-order chi connectivity index (χ1) is 25.8. The van der Waals surface area contributed by atoms with E-state index in [2.05, 4.69) is 64.7 Å². The van der Waals surface area contributed by atoms with Gasteiger partial charge in [0.25, 0.3) is 5.91 Å². The van der Waals surface area contributed by atoms with Gasteiger partial charge < -0.3 is 25.0 Å². The Labute approximate surface area is 331 Å². The van der Waals surface area contributed by atoms with Crippen LogP contribution >= 0.6 is 0 Å². The molecule has 0 aromatic heterocycles. The second kappa shape index (κ2) is 15.8. The molecule has 4 aliphatic carbocycles. The number of rotatable bonds is 16. The van der Waals surface area contributed by atoms with Crippen LogP contribution in [0.4, 0.5) is 5.69 Å². The Balaban J connectivity index is 1.35. The van der Waals surface area contributed by atoms with Crippen LogP contribution in [0.3, 0.4) is 0 Å². The maximum absolute atomic E-state index is 14.9. The van der Waals surface area contributed by atoms with Gasteiger partial charge in [-0.05, 0) is 97.3 Å². The number of carbonyl (C=O) groups excluding carboxylic acids is 2. The number of hydroxylamine groups is 2. The van der Waals surface area contributed by atoms with Crippen molar-refractivity contribution in [2.75, 3.05) is 52.8 Å². The van der Waals surface area contributed by atoms with E-state index in [0.717, 1.165) is 53.7 Å². The fourth-order valence-corrected chi connectivity index (χ4v) is 11.1. The number of amides is 1. The van der Waals surface area contributed by atoms with Gasteiger partial charge >= 0.3 is 0 Å². The van der Waals surface area contributed by atoms with E-state index in [0.29, 0.717) is 66.3 Å². The molecule has 0 radical (unpaired) electrons. The summed E-state index contributed by atoms with van der Waals surface area (Å²) in [5, 5.41) is 16.7. The van der Waals surface area contributed by atoms with E-state index < -0.39 is 17.1 Å². The largest absolute Gasteiger partial charge is 0.496 e. The van der Waals surface area contributed by atoms with Crippen LogP contribution in [-0.4, -0.2) is 92.4 Å². The maximum atomic E-state index is 14.9. The van der Waals surface area contributed by atoms with Crippen LogP contribution in [0.1, 0.15) is 103 Å². The maximum Gasteiger partial charge on any atom is 0.251 e. The van der Waals surface area contributed by atoms with Crippen molar-refractivity contribution in [3.63, 3.8) is 0 Å². The van der Waals surface area contributed by atoms with E-state index in [-0.39, 0.29) is 17.8 Å². The summed E-state index contributed by atoms with van der Waals surface area (Å²) < 4.78 is 6.18. The molecule has 8 atom stereocenters. The van der Waals surface area contributed by atoms with E-state index >= 15 is 0 Å². The SMILES string of the molecule is CNC(=O)c1cc(-c2cccc(CN3O[C@@H](CN(CC(C)C)CC(C)C)[C@]4(CC4(C)O)[C@H]3C(=O)CC[C@H]3C[C@H]4C[C@@H]([C@@H]3C)C4(C)C)c2OC)cc(N(C)C)c1. The molecular formula is C46H70N4O5. The van der Waals surface area contributed by atoms with E-state index in [4.69, 9.17) is 9.57 Å². The first-order valence-electron chi connectivity index (χ1n) is 21.0. The average Bonchev–Trinajstić information content (AvgIpc) is 3.57. The zero-order chi connectivity index (χ0) is 40.2. The Kier molecular flexibility index (Phi) is 11.9. The van der Waals surface area contributed by atoms with Crippen LogP contribution in [-0.2, 0) is 16.2 Å². The Hall–Kier alpha value is -2.98. The van der Waals surface area contributed by atoms with Crippen LogP contribution in [0.25, 0.3) is 11.1 Å². The van der Waals surface area contributed by atoms with Gasteiger partial charge in [0.05, 0.1) is 24.7 Å². The monoisotopic (exact) mass is 759 g/mol. The smallest absolute Gasteiger partial charge is 0.251 e. The molecule has 1 heterocycles. The summed E-state index contributed by atoms with van der Waals surface area (Å²) in [6, 6.07) is 11.3. The van der Waals surface area contributed by atoms with Gasteiger partial charge in [-0.15, -0.1) is 0 Å². The molecule has 1 spiro atoms. The summed E-state index contributed by atoms with van der Waals surface area (Å²) in [5.74, 6) is 4.27. The molecule has 9 heteroatoms. The normalized spacial score (nSPS) is 30.9. The minimum Gasteiger partial charge on any atom is -0.496 e. The quantitative estimate of drug-likeness (QED) is 0.180. The number of methoxy groups -OCH3 is 1. The molecule has 5 fully saturated rings. The summed E-state index contributed by atoms with van der Waals surface area (Å²) in [6.07, 6.45) is 4.10. The van der Waals surface area contributed by atoms with E-state index in [1.165, 1.54) is 12.8 Å². The minimum atomic E-state index is -1.02. The van der Waals surface area contributed by atoms with Gasteiger partial charge in [-0.2, -0.15) is 5.06 Å². The minimum absolute atomic E-state index is 0.160. The molecule has 1 aliphatic heterocycles. The van der Waals surface area contributed by atoms with Crippen molar-refractivity contribution in [1.82, 2.24) is 15.3 Å². The van der Waals surface area contributed by atoms with E-state index in [1.54, 1.807) is 14.2 Å². The van der Waals surface area contributed by atoms with Crippen molar-refractivity contribution < 1.29 is 24.3 Å². The standard InChI is InChI=1S/C46H70N4O5/c1-28(2)23-49(24-29(3)4)26-40-46(27-45(46,8)53)42(39(51)17-16-31-19-35-22-38(30(31)5)44(35,6)7)50(55-40)25-32-14-13-15-37(41(32)54-12)33-18-34(43(52)47-9)21-36(20-33)48(10)11/h13-15,18,20-21,28-31,35,38,40,42,53H,16-17,19,22-27H2,1-12H3,(H,47,52)/t30-,31+,35+,38+,40+,42-,45?,46-/m1/s1. The number of nitrogens with one attached hydrogen (secondary N) is 1. The molecule has 4 saturated carbocycles. The lowest BCUT2D eigenvalue weighted by Crippen LogP contribution is -2.55. The molecule has 1 amide bonds. The second-order valence-corrected chi connectivity index (χ2v) is 19.5. The number of para-hydroxylation sites is 1. The van der Waals surface area contributed by atoms with Crippen LogP contribution in [0.5, 0.6) is 5.75 Å². The molecule has 2 aromatic carbocycles. The van der Waals surface area contributed by atoms with Gasteiger partial charge in [-0.1, -0.05) is 66.7 Å². The summed E-state index contributed by atoms with van der Waals surface area (Å²) >= 11 is 0. The predicted octanol–water partition coefficient (Wildman–Crippen LogP) is 7.69. The van der Waals surface area contributed by atoms with E-state index in [1.807, 2.05) is 61.3 Å². The van der Waals surface area contributed by atoms with Crippen molar-refractivity contribution in [2.24, 2.45) is 46.3 Å². The van der Waals surface area contributed by atoms with Crippen molar-refractivity contribution in [1.29, 1.82) is 0 Å². The Morgan fingerprint density at radius 2 is 1.73 bits per heavy atom. The zero-order valence-electron chi connectivity index (χ0n) is 35.9. The number of hydrogen-bond donors (Lipinski definition) is 2. The number of ether oxygens (including phenoxy) is 1. The number of anilines is 1. The molecule has 1 unspecified atom stereocenters. The average molecular weight is 759 g/mol. The molecular weight excluding hydrogens is 689 g/mol. The summed E-state index contributed by atoms with van der Waals surface area (Å²) in [4.78, 5) is 39.2. The Morgan fingerprint density at radius 3 is 2.27 bits per heavy atom. The summed E-state index contributed by atoms with van der Waals surface area (Å²) in [6.45, 7) is 21.0. The highest BCUT2D eigenvalue weighted by atomic mass is 16.7. The number of carbonyl (C=O) groups is 2. The summed E-state index contributed by atoms with van der Waals surface area (Å²) in [5.41, 5.74) is 2.74. The summed E-state index contributed by atoms with van der Waals surface area (Å²) in [7, 11) is 7.24. The van der Waals surface area contributed by atoms with Gasteiger partial charge in [-0.3, -0.25) is 14.4 Å². The highest BCUT2D eigenvalue weighted by Gasteiger charge is 2.78. The zero-order valence-corrected chi connectivity index (χ0v) is 35.9. The third-order valence-electron chi connectivity index (χ3n) is 14.2. The first kappa shape index (κ1) is 41.6. The van der Waals surface area contributed by atoms with Crippen molar-refractivity contribution >= 4 is 17.4 Å². The lowest BCUT2D eigenvalue weighted by atomic mass is 9.43. The van der Waals surface area contributed by atoms with Gasteiger partial charge in [0.15, 0.2) is 5.78 Å². The molecule has 304 valence electrons. The van der Waals surface area contributed by atoms with Gasteiger partial charge in [-0.25, -0.2) is 0 Å². The third kappa shape index (κ3) is 7.84. The number of aliphatic hydroxyl groups is 1. The van der Waals surface area contributed by atoms with Gasteiger partial charge in [0.1, 0.15) is 17.9 Å². The highest BCUT2D eigenvalue weighted by molar-refractivity contribution is 5.97.